The van der Waals surface area contributed by atoms with E-state index >= 15 is 0 Å². The van der Waals surface area contributed by atoms with Crippen LogP contribution in [0.25, 0.3) is 0 Å². The molecule has 2 rings (SSSR count). The molecular formula is C15H29NO2. The van der Waals surface area contributed by atoms with Crippen molar-refractivity contribution in [2.24, 2.45) is 5.41 Å². The van der Waals surface area contributed by atoms with Crippen molar-refractivity contribution in [2.45, 2.75) is 64.0 Å². The summed E-state index contributed by atoms with van der Waals surface area (Å²) in [6.07, 6.45) is 7.39. The largest absolute Gasteiger partial charge is 0.385 e. The first kappa shape index (κ1) is 14.3. The highest BCUT2D eigenvalue weighted by Gasteiger charge is 2.42. The van der Waals surface area contributed by atoms with Crippen LogP contribution in [0, 0.1) is 5.41 Å². The topological polar surface area (TPSA) is 30.5 Å². The number of nitrogens with one attached hydrogen (secondary N) is 1. The van der Waals surface area contributed by atoms with Gasteiger partial charge in [-0.25, -0.2) is 0 Å². The van der Waals surface area contributed by atoms with Gasteiger partial charge in [0.05, 0.1) is 5.60 Å². The summed E-state index contributed by atoms with van der Waals surface area (Å²) in [5, 5.41) is 3.79. The van der Waals surface area contributed by atoms with Crippen LogP contribution in [0.15, 0.2) is 0 Å². The molecule has 2 fully saturated rings. The zero-order chi connectivity index (χ0) is 13.1. The Hall–Kier alpha value is -0.120. The Labute approximate surface area is 112 Å². The minimum atomic E-state index is 0.0964. The fourth-order valence-corrected chi connectivity index (χ4v) is 2.92. The summed E-state index contributed by atoms with van der Waals surface area (Å²) in [7, 11) is 1.80. The third-order valence-corrected chi connectivity index (χ3v) is 4.90. The van der Waals surface area contributed by atoms with Gasteiger partial charge in [-0.1, -0.05) is 6.92 Å². The molecule has 2 unspecified atom stereocenters. The van der Waals surface area contributed by atoms with Gasteiger partial charge in [0.15, 0.2) is 0 Å². The quantitative estimate of drug-likeness (QED) is 0.759. The molecule has 2 aliphatic rings. The van der Waals surface area contributed by atoms with Crippen LogP contribution >= 0.6 is 0 Å². The van der Waals surface area contributed by atoms with Crippen molar-refractivity contribution in [1.29, 1.82) is 0 Å². The number of ether oxygens (including phenoxy) is 2. The maximum absolute atomic E-state index is 5.90. The molecule has 3 nitrogen and oxygen atoms in total. The van der Waals surface area contributed by atoms with Gasteiger partial charge in [0.1, 0.15) is 0 Å². The molecule has 1 saturated carbocycles. The first-order valence-corrected chi connectivity index (χ1v) is 7.48. The van der Waals surface area contributed by atoms with Crippen molar-refractivity contribution in [3.63, 3.8) is 0 Å². The van der Waals surface area contributed by atoms with Crippen LogP contribution in [0.3, 0.4) is 0 Å². The van der Waals surface area contributed by atoms with Crippen LogP contribution in [0.4, 0.5) is 0 Å². The van der Waals surface area contributed by atoms with E-state index in [0.29, 0.717) is 11.5 Å². The molecule has 1 aliphatic carbocycles. The van der Waals surface area contributed by atoms with E-state index in [1.54, 1.807) is 7.11 Å². The standard InChI is InChI=1S/C15H29NO2/c1-4-14(2)11-13(5-9-18-14)16-12-15(6-7-15)8-10-17-3/h13,16H,4-12H2,1-3H3. The summed E-state index contributed by atoms with van der Waals surface area (Å²) in [5.41, 5.74) is 0.649. The molecule has 106 valence electrons. The molecule has 3 heteroatoms. The molecule has 2 atom stereocenters. The Kier molecular flexibility index (Phi) is 4.68. The zero-order valence-electron chi connectivity index (χ0n) is 12.3. The highest BCUT2D eigenvalue weighted by Crippen LogP contribution is 2.48. The first-order chi connectivity index (χ1) is 8.61. The van der Waals surface area contributed by atoms with Crippen LogP contribution in [-0.4, -0.2) is 38.5 Å². The molecule has 0 radical (unpaired) electrons. The molecule has 0 spiro atoms. The second-order valence-corrected chi connectivity index (χ2v) is 6.47. The molecule has 1 aliphatic heterocycles. The molecule has 0 bridgehead atoms. The lowest BCUT2D eigenvalue weighted by Crippen LogP contribution is -2.46. The Morgan fingerprint density at radius 2 is 2.17 bits per heavy atom. The number of methoxy groups -OCH3 is 1. The molecule has 1 heterocycles. The normalized spacial score (nSPS) is 34.5. The SMILES string of the molecule is CCC1(C)CC(NCC2(CCOC)CC2)CCO1. The van der Waals surface area contributed by atoms with Crippen molar-refractivity contribution in [1.82, 2.24) is 5.32 Å². The fourth-order valence-electron chi connectivity index (χ4n) is 2.92. The van der Waals surface area contributed by atoms with Gasteiger partial charge in [0.2, 0.25) is 0 Å². The summed E-state index contributed by atoms with van der Waals surface area (Å²) in [6.45, 7) is 7.46. The highest BCUT2D eigenvalue weighted by atomic mass is 16.5. The van der Waals surface area contributed by atoms with Gasteiger partial charge in [0, 0.05) is 32.9 Å². The smallest absolute Gasteiger partial charge is 0.0666 e. The molecule has 0 aromatic carbocycles. The van der Waals surface area contributed by atoms with Crippen LogP contribution in [0.2, 0.25) is 0 Å². The lowest BCUT2D eigenvalue weighted by Gasteiger charge is -2.38. The average Bonchev–Trinajstić information content (AvgIpc) is 3.15. The molecule has 0 aromatic heterocycles. The second kappa shape index (κ2) is 5.89. The summed E-state index contributed by atoms with van der Waals surface area (Å²) in [5.74, 6) is 0. The van der Waals surface area contributed by atoms with Gasteiger partial charge >= 0.3 is 0 Å². The van der Waals surface area contributed by atoms with Gasteiger partial charge in [-0.15, -0.1) is 0 Å². The van der Waals surface area contributed by atoms with E-state index in [4.69, 9.17) is 9.47 Å². The van der Waals surface area contributed by atoms with Crippen LogP contribution in [0.5, 0.6) is 0 Å². The summed E-state index contributed by atoms with van der Waals surface area (Å²) in [6, 6.07) is 0.642. The Bertz CT molecular complexity index is 265. The number of rotatable bonds is 7. The molecular weight excluding hydrogens is 226 g/mol. The van der Waals surface area contributed by atoms with Crippen LogP contribution in [0.1, 0.15) is 52.4 Å². The number of hydrogen-bond donors (Lipinski definition) is 1. The molecule has 0 amide bonds. The van der Waals surface area contributed by atoms with Crippen molar-refractivity contribution >= 4 is 0 Å². The van der Waals surface area contributed by atoms with E-state index in [0.717, 1.165) is 32.5 Å². The van der Waals surface area contributed by atoms with E-state index in [1.165, 1.54) is 25.8 Å². The Balaban J connectivity index is 1.73. The number of hydrogen-bond acceptors (Lipinski definition) is 3. The Morgan fingerprint density at radius 1 is 1.39 bits per heavy atom. The Morgan fingerprint density at radius 3 is 2.78 bits per heavy atom. The van der Waals surface area contributed by atoms with E-state index < -0.39 is 0 Å². The second-order valence-electron chi connectivity index (χ2n) is 6.47. The molecule has 18 heavy (non-hydrogen) atoms. The average molecular weight is 255 g/mol. The van der Waals surface area contributed by atoms with Crippen LogP contribution < -0.4 is 5.32 Å². The maximum atomic E-state index is 5.90. The van der Waals surface area contributed by atoms with Gasteiger partial charge in [-0.3, -0.25) is 0 Å². The van der Waals surface area contributed by atoms with Crippen molar-refractivity contribution < 1.29 is 9.47 Å². The lowest BCUT2D eigenvalue weighted by molar-refractivity contribution is -0.0784. The summed E-state index contributed by atoms with van der Waals surface area (Å²) >= 11 is 0. The zero-order valence-corrected chi connectivity index (χ0v) is 12.3. The van der Waals surface area contributed by atoms with E-state index in [-0.39, 0.29) is 5.60 Å². The van der Waals surface area contributed by atoms with E-state index in [2.05, 4.69) is 19.2 Å². The van der Waals surface area contributed by atoms with E-state index in [9.17, 15) is 0 Å². The highest BCUT2D eigenvalue weighted by molar-refractivity contribution is 4.96. The van der Waals surface area contributed by atoms with Gasteiger partial charge in [-0.2, -0.15) is 0 Å². The third-order valence-electron chi connectivity index (χ3n) is 4.90. The van der Waals surface area contributed by atoms with Gasteiger partial charge in [0.25, 0.3) is 0 Å². The minimum absolute atomic E-state index is 0.0964. The van der Waals surface area contributed by atoms with E-state index in [1.807, 2.05) is 0 Å². The van der Waals surface area contributed by atoms with Crippen molar-refractivity contribution in [2.75, 3.05) is 26.9 Å². The lowest BCUT2D eigenvalue weighted by atomic mass is 9.89. The predicted octanol–water partition coefficient (Wildman–Crippen LogP) is 2.74. The molecule has 1 saturated heterocycles. The summed E-state index contributed by atoms with van der Waals surface area (Å²) in [4.78, 5) is 0. The third kappa shape index (κ3) is 3.69. The monoisotopic (exact) mass is 255 g/mol. The van der Waals surface area contributed by atoms with Crippen molar-refractivity contribution in [3.05, 3.63) is 0 Å². The van der Waals surface area contributed by atoms with Crippen molar-refractivity contribution in [3.8, 4) is 0 Å². The summed E-state index contributed by atoms with van der Waals surface area (Å²) < 4.78 is 11.1. The fraction of sp³-hybridized carbons (Fsp3) is 1.00. The molecule has 1 N–H and O–H groups in total. The molecule has 0 aromatic rings. The minimum Gasteiger partial charge on any atom is -0.385 e. The maximum Gasteiger partial charge on any atom is 0.0666 e. The first-order valence-electron chi connectivity index (χ1n) is 7.48. The van der Waals surface area contributed by atoms with Gasteiger partial charge < -0.3 is 14.8 Å². The van der Waals surface area contributed by atoms with Gasteiger partial charge in [-0.05, 0) is 50.9 Å². The predicted molar refractivity (Wildman–Crippen MR) is 73.8 cm³/mol. The van der Waals surface area contributed by atoms with Crippen LogP contribution in [-0.2, 0) is 9.47 Å².